The van der Waals surface area contributed by atoms with E-state index in [4.69, 9.17) is 0 Å². The van der Waals surface area contributed by atoms with Crippen LogP contribution in [0.1, 0.15) is 38.2 Å². The predicted octanol–water partition coefficient (Wildman–Crippen LogP) is 3.38. The minimum absolute atomic E-state index is 0.00558. The molecule has 1 fully saturated rings. The van der Waals surface area contributed by atoms with Crippen LogP contribution < -0.4 is 0 Å². The second-order valence-corrected chi connectivity index (χ2v) is 10.1. The van der Waals surface area contributed by atoms with Crippen molar-refractivity contribution in [1.82, 2.24) is 9.21 Å². The minimum atomic E-state index is -3.52. The van der Waals surface area contributed by atoms with Gasteiger partial charge in [0.25, 0.3) is 5.91 Å². The van der Waals surface area contributed by atoms with Crippen molar-refractivity contribution in [3.05, 3.63) is 50.7 Å². The molecule has 0 saturated carbocycles. The molecule has 1 amide bonds. The molecule has 27 heavy (non-hydrogen) atoms. The van der Waals surface area contributed by atoms with Gasteiger partial charge in [-0.05, 0) is 62.1 Å². The zero-order valence-corrected chi connectivity index (χ0v) is 17.9. The van der Waals surface area contributed by atoms with Gasteiger partial charge in [-0.15, -0.1) is 11.3 Å². The van der Waals surface area contributed by atoms with E-state index in [1.54, 1.807) is 28.4 Å². The van der Waals surface area contributed by atoms with Gasteiger partial charge < -0.3 is 4.90 Å². The Morgan fingerprint density at radius 3 is 2.22 bits per heavy atom. The van der Waals surface area contributed by atoms with E-state index in [2.05, 4.69) is 6.92 Å². The maximum Gasteiger partial charge on any atom is 0.264 e. The maximum atomic E-state index is 12.9. The molecule has 0 radical (unpaired) electrons. The fourth-order valence-electron chi connectivity index (χ4n) is 3.29. The molecule has 5 nitrogen and oxygen atoms in total. The second kappa shape index (κ2) is 7.73. The summed E-state index contributed by atoms with van der Waals surface area (Å²) in [4.78, 5) is 16.8. The van der Waals surface area contributed by atoms with Crippen LogP contribution in [0.25, 0.3) is 0 Å². The number of sulfonamides is 1. The third-order valence-corrected chi connectivity index (χ3v) is 8.46. The number of benzene rings is 1. The van der Waals surface area contributed by atoms with Crippen molar-refractivity contribution in [2.45, 2.75) is 39.0 Å². The Bertz CT molecular complexity index is 956. The lowest BCUT2D eigenvalue weighted by Crippen LogP contribution is -2.50. The Morgan fingerprint density at radius 1 is 1.00 bits per heavy atom. The molecule has 0 spiro atoms. The zero-order valence-electron chi connectivity index (χ0n) is 16.3. The van der Waals surface area contributed by atoms with Crippen LogP contribution in [-0.2, 0) is 16.4 Å². The van der Waals surface area contributed by atoms with Crippen molar-refractivity contribution in [2.75, 3.05) is 26.2 Å². The molecule has 7 heteroatoms. The van der Waals surface area contributed by atoms with E-state index in [0.29, 0.717) is 31.1 Å². The molecule has 3 rings (SSSR count). The standard InChI is InChI=1S/C20H26N2O3S2/c1-5-18-16(4)13-19(26-18)20(23)21-8-10-22(11-9-21)27(24,25)17-7-6-14(2)15(3)12-17/h6-7,12-13H,5,8-11H2,1-4H3. The smallest absolute Gasteiger partial charge is 0.264 e. The lowest BCUT2D eigenvalue weighted by atomic mass is 10.1. The van der Waals surface area contributed by atoms with Crippen molar-refractivity contribution >= 4 is 27.3 Å². The van der Waals surface area contributed by atoms with Gasteiger partial charge in [-0.25, -0.2) is 8.42 Å². The van der Waals surface area contributed by atoms with Gasteiger partial charge in [-0.3, -0.25) is 4.79 Å². The van der Waals surface area contributed by atoms with Gasteiger partial charge in [0.2, 0.25) is 10.0 Å². The Hall–Kier alpha value is -1.70. The number of carbonyl (C=O) groups excluding carboxylic acids is 1. The fourth-order valence-corrected chi connectivity index (χ4v) is 5.88. The van der Waals surface area contributed by atoms with Crippen molar-refractivity contribution in [3.8, 4) is 0 Å². The van der Waals surface area contributed by atoms with Gasteiger partial charge in [0.1, 0.15) is 0 Å². The van der Waals surface area contributed by atoms with Gasteiger partial charge >= 0.3 is 0 Å². The first-order valence-corrected chi connectivity index (χ1v) is 11.5. The molecule has 146 valence electrons. The first kappa shape index (κ1) is 20.0. The van der Waals surface area contributed by atoms with E-state index in [1.165, 1.54) is 9.18 Å². The number of piperazine rings is 1. The number of hydrogen-bond donors (Lipinski definition) is 0. The van der Waals surface area contributed by atoms with E-state index in [1.807, 2.05) is 32.9 Å². The predicted molar refractivity (Wildman–Crippen MR) is 109 cm³/mol. The highest BCUT2D eigenvalue weighted by Gasteiger charge is 2.31. The largest absolute Gasteiger partial charge is 0.335 e. The van der Waals surface area contributed by atoms with Crippen molar-refractivity contribution in [2.24, 2.45) is 0 Å². The van der Waals surface area contributed by atoms with Gasteiger partial charge in [0.05, 0.1) is 9.77 Å². The summed E-state index contributed by atoms with van der Waals surface area (Å²) in [7, 11) is -3.52. The van der Waals surface area contributed by atoms with Crippen LogP contribution in [0.4, 0.5) is 0 Å². The molecule has 1 aliphatic rings. The summed E-state index contributed by atoms with van der Waals surface area (Å²) in [5.41, 5.74) is 3.19. The van der Waals surface area contributed by atoms with Crippen LogP contribution in [0.15, 0.2) is 29.2 Å². The van der Waals surface area contributed by atoms with Crippen LogP contribution in [-0.4, -0.2) is 49.7 Å². The van der Waals surface area contributed by atoms with Crippen LogP contribution >= 0.6 is 11.3 Å². The minimum Gasteiger partial charge on any atom is -0.335 e. The third-order valence-electron chi connectivity index (χ3n) is 5.19. The average Bonchev–Trinajstić information content (AvgIpc) is 3.04. The number of carbonyl (C=O) groups is 1. The monoisotopic (exact) mass is 406 g/mol. The average molecular weight is 407 g/mol. The van der Waals surface area contributed by atoms with Crippen molar-refractivity contribution < 1.29 is 13.2 Å². The second-order valence-electron chi connectivity index (χ2n) is 7.01. The molecule has 0 N–H and O–H groups in total. The molecule has 1 saturated heterocycles. The molecule has 0 aliphatic carbocycles. The summed E-state index contributed by atoms with van der Waals surface area (Å²) < 4.78 is 27.3. The molecule has 1 aliphatic heterocycles. The molecule has 0 unspecified atom stereocenters. The van der Waals surface area contributed by atoms with Crippen LogP contribution in [0.5, 0.6) is 0 Å². The fraction of sp³-hybridized carbons (Fsp3) is 0.450. The Kier molecular flexibility index (Phi) is 5.74. The highest BCUT2D eigenvalue weighted by molar-refractivity contribution is 7.89. The maximum absolute atomic E-state index is 12.9. The summed E-state index contributed by atoms with van der Waals surface area (Å²) in [5.74, 6) is 0.00558. The third kappa shape index (κ3) is 3.95. The lowest BCUT2D eigenvalue weighted by molar-refractivity contribution is 0.0702. The summed E-state index contributed by atoms with van der Waals surface area (Å²) >= 11 is 1.54. The highest BCUT2D eigenvalue weighted by Crippen LogP contribution is 2.25. The van der Waals surface area contributed by atoms with E-state index >= 15 is 0 Å². The number of amides is 1. The summed E-state index contributed by atoms with van der Waals surface area (Å²) in [6, 6.07) is 7.18. The molecular weight excluding hydrogens is 380 g/mol. The molecule has 1 aromatic carbocycles. The number of thiophene rings is 1. The molecular formula is C20H26N2O3S2. The number of aryl methyl sites for hydroxylation is 4. The first-order valence-electron chi connectivity index (χ1n) is 9.20. The van der Waals surface area contributed by atoms with Gasteiger partial charge in [-0.2, -0.15) is 4.31 Å². The van der Waals surface area contributed by atoms with Crippen molar-refractivity contribution in [1.29, 1.82) is 0 Å². The number of nitrogens with zero attached hydrogens (tertiary/aromatic N) is 2. The summed E-state index contributed by atoms with van der Waals surface area (Å²) in [6.45, 7) is 9.48. The number of hydrogen-bond acceptors (Lipinski definition) is 4. The van der Waals surface area contributed by atoms with Crippen LogP contribution in [0, 0.1) is 20.8 Å². The zero-order chi connectivity index (χ0) is 19.8. The van der Waals surface area contributed by atoms with Crippen LogP contribution in [0.3, 0.4) is 0 Å². The first-order chi connectivity index (χ1) is 12.7. The topological polar surface area (TPSA) is 57.7 Å². The van der Waals surface area contributed by atoms with Gasteiger partial charge in [0.15, 0.2) is 0 Å². The molecule has 0 atom stereocenters. The Morgan fingerprint density at radius 2 is 1.67 bits per heavy atom. The van der Waals surface area contributed by atoms with E-state index in [-0.39, 0.29) is 5.91 Å². The summed E-state index contributed by atoms with van der Waals surface area (Å²) in [6.07, 6.45) is 0.922. The normalized spacial score (nSPS) is 15.9. The van der Waals surface area contributed by atoms with E-state index in [9.17, 15) is 13.2 Å². The Labute approximate surface area is 165 Å². The molecule has 1 aromatic heterocycles. The van der Waals surface area contributed by atoms with Crippen molar-refractivity contribution in [3.63, 3.8) is 0 Å². The van der Waals surface area contributed by atoms with Crippen LogP contribution in [0.2, 0.25) is 0 Å². The van der Waals surface area contributed by atoms with Gasteiger partial charge in [-0.1, -0.05) is 13.0 Å². The molecule has 2 aromatic rings. The van der Waals surface area contributed by atoms with E-state index in [0.717, 1.165) is 28.0 Å². The SMILES string of the molecule is CCc1sc(C(=O)N2CCN(S(=O)(=O)c3ccc(C)c(C)c3)CC2)cc1C. The Balaban J connectivity index is 1.70. The van der Waals surface area contributed by atoms with E-state index < -0.39 is 10.0 Å². The number of rotatable bonds is 4. The van der Waals surface area contributed by atoms with Gasteiger partial charge in [0, 0.05) is 31.1 Å². The molecule has 2 heterocycles. The quantitative estimate of drug-likeness (QED) is 0.782. The lowest BCUT2D eigenvalue weighted by Gasteiger charge is -2.33. The molecule has 0 bridgehead atoms. The highest BCUT2D eigenvalue weighted by atomic mass is 32.2. The summed E-state index contributed by atoms with van der Waals surface area (Å²) in [5, 5.41) is 0.